The van der Waals surface area contributed by atoms with E-state index in [-0.39, 0.29) is 42.8 Å². The number of thiophene rings is 1. The maximum absolute atomic E-state index is 14.2. The molecule has 30 heavy (non-hydrogen) atoms. The fourth-order valence-corrected chi connectivity index (χ4v) is 6.24. The first-order chi connectivity index (χ1) is 14.3. The summed E-state index contributed by atoms with van der Waals surface area (Å²) >= 11 is 1.27. The van der Waals surface area contributed by atoms with Crippen LogP contribution in [0.1, 0.15) is 15.2 Å². The van der Waals surface area contributed by atoms with Crippen molar-refractivity contribution >= 4 is 37.4 Å². The smallest absolute Gasteiger partial charge is 0.264 e. The van der Waals surface area contributed by atoms with Gasteiger partial charge in [0.05, 0.1) is 16.9 Å². The number of amides is 1. The van der Waals surface area contributed by atoms with Crippen molar-refractivity contribution in [3.63, 3.8) is 0 Å². The maximum atomic E-state index is 14.2. The lowest BCUT2D eigenvalue weighted by molar-refractivity contribution is 0.0702. The summed E-state index contributed by atoms with van der Waals surface area (Å²) in [7, 11) is -2.12. The molecule has 6 nitrogen and oxygen atoms in total. The van der Waals surface area contributed by atoms with Gasteiger partial charge in [-0.05, 0) is 48.9 Å². The summed E-state index contributed by atoms with van der Waals surface area (Å²) in [5.74, 6) is 0.0600. The highest BCUT2D eigenvalue weighted by Crippen LogP contribution is 2.33. The Balaban J connectivity index is 1.50. The Kier molecular flexibility index (Phi) is 5.52. The predicted octanol–water partition coefficient (Wildman–Crippen LogP) is 3.50. The lowest BCUT2D eigenvalue weighted by atomic mass is 10.1. The van der Waals surface area contributed by atoms with Crippen LogP contribution in [0.15, 0.2) is 47.4 Å². The summed E-state index contributed by atoms with van der Waals surface area (Å²) in [6.45, 7) is 2.73. The molecule has 1 aromatic heterocycles. The molecule has 0 saturated carbocycles. The number of hydrogen-bond acceptors (Lipinski definition) is 5. The molecule has 0 radical (unpaired) electrons. The van der Waals surface area contributed by atoms with Crippen molar-refractivity contribution in [2.75, 3.05) is 33.3 Å². The first-order valence-corrected chi connectivity index (χ1v) is 11.7. The van der Waals surface area contributed by atoms with E-state index in [0.29, 0.717) is 21.6 Å². The molecule has 9 heteroatoms. The van der Waals surface area contributed by atoms with Crippen molar-refractivity contribution in [3.8, 4) is 5.75 Å². The fourth-order valence-electron chi connectivity index (χ4n) is 3.63. The number of sulfonamides is 1. The van der Waals surface area contributed by atoms with Gasteiger partial charge in [-0.3, -0.25) is 4.79 Å². The van der Waals surface area contributed by atoms with Crippen LogP contribution in [0.5, 0.6) is 5.75 Å². The third-order valence-electron chi connectivity index (χ3n) is 5.32. The van der Waals surface area contributed by atoms with Gasteiger partial charge in [-0.15, -0.1) is 11.3 Å². The normalized spacial score (nSPS) is 15.5. The van der Waals surface area contributed by atoms with Crippen LogP contribution in [0.3, 0.4) is 0 Å². The summed E-state index contributed by atoms with van der Waals surface area (Å²) < 4.78 is 47.1. The van der Waals surface area contributed by atoms with E-state index in [0.717, 1.165) is 4.70 Å². The molecule has 0 spiro atoms. The van der Waals surface area contributed by atoms with Gasteiger partial charge in [0, 0.05) is 36.3 Å². The molecule has 2 heterocycles. The van der Waals surface area contributed by atoms with Gasteiger partial charge in [0.1, 0.15) is 11.6 Å². The molecular formula is C21H21FN2O4S2. The Morgan fingerprint density at radius 3 is 2.33 bits per heavy atom. The zero-order valence-corrected chi connectivity index (χ0v) is 18.2. The second-order valence-electron chi connectivity index (χ2n) is 7.04. The number of methoxy groups -OCH3 is 1. The highest BCUT2D eigenvalue weighted by Gasteiger charge is 2.31. The molecule has 0 N–H and O–H groups in total. The minimum Gasteiger partial charge on any atom is -0.497 e. The van der Waals surface area contributed by atoms with E-state index >= 15 is 0 Å². The second-order valence-corrected chi connectivity index (χ2v) is 10.0. The number of ether oxygens (including phenoxy) is 1. The molecule has 1 aliphatic rings. The first kappa shape index (κ1) is 20.8. The number of nitrogens with zero attached hydrogens (tertiary/aromatic N) is 2. The summed E-state index contributed by atoms with van der Waals surface area (Å²) in [6.07, 6.45) is 0. The van der Waals surface area contributed by atoms with E-state index in [9.17, 15) is 17.6 Å². The molecule has 0 bridgehead atoms. The molecule has 4 rings (SSSR count). The van der Waals surface area contributed by atoms with Crippen LogP contribution in [0.4, 0.5) is 4.39 Å². The fraction of sp³-hybridized carbons (Fsp3) is 0.286. The lowest BCUT2D eigenvalue weighted by Crippen LogP contribution is -2.50. The zero-order chi connectivity index (χ0) is 21.5. The van der Waals surface area contributed by atoms with Crippen molar-refractivity contribution in [2.45, 2.75) is 11.8 Å². The molecule has 1 aliphatic heterocycles. The SMILES string of the molecule is COc1ccc(S(=O)(=O)N2CCN(C(=O)c3sc4cccc(F)c4c3C)CC2)cc1. The number of benzene rings is 2. The zero-order valence-electron chi connectivity index (χ0n) is 16.6. The van der Waals surface area contributed by atoms with E-state index in [1.54, 1.807) is 36.1 Å². The minimum absolute atomic E-state index is 0.186. The number of halogens is 1. The van der Waals surface area contributed by atoms with E-state index in [1.165, 1.54) is 41.0 Å². The van der Waals surface area contributed by atoms with Crippen molar-refractivity contribution in [2.24, 2.45) is 0 Å². The molecule has 0 aliphatic carbocycles. The molecule has 1 amide bonds. The van der Waals surface area contributed by atoms with Gasteiger partial charge in [0.15, 0.2) is 0 Å². The lowest BCUT2D eigenvalue weighted by Gasteiger charge is -2.34. The molecule has 1 fully saturated rings. The standard InChI is InChI=1S/C21H21FN2O4S2/c1-14-19-17(22)4-3-5-18(19)29-20(14)21(25)23-10-12-24(13-11-23)30(26,27)16-8-6-15(28-2)7-9-16/h3-9H,10-13H2,1-2H3. The Morgan fingerprint density at radius 1 is 1.07 bits per heavy atom. The average molecular weight is 449 g/mol. The number of fused-ring (bicyclic) bond motifs is 1. The number of piperazine rings is 1. The van der Waals surface area contributed by atoms with Crippen LogP contribution < -0.4 is 4.74 Å². The highest BCUT2D eigenvalue weighted by molar-refractivity contribution is 7.89. The molecule has 1 saturated heterocycles. The van der Waals surface area contributed by atoms with Gasteiger partial charge < -0.3 is 9.64 Å². The number of carbonyl (C=O) groups is 1. The quantitative estimate of drug-likeness (QED) is 0.613. The largest absolute Gasteiger partial charge is 0.497 e. The van der Waals surface area contributed by atoms with Gasteiger partial charge in [0.2, 0.25) is 10.0 Å². The van der Waals surface area contributed by atoms with Crippen LogP contribution in [0.2, 0.25) is 0 Å². The van der Waals surface area contributed by atoms with Gasteiger partial charge in [-0.2, -0.15) is 4.31 Å². The van der Waals surface area contributed by atoms with Crippen LogP contribution >= 0.6 is 11.3 Å². The monoisotopic (exact) mass is 448 g/mol. The minimum atomic E-state index is -3.64. The highest BCUT2D eigenvalue weighted by atomic mass is 32.2. The molecule has 158 valence electrons. The van der Waals surface area contributed by atoms with Crippen LogP contribution in [-0.4, -0.2) is 56.8 Å². The Bertz CT molecular complexity index is 1200. The van der Waals surface area contributed by atoms with Crippen molar-refractivity contribution < 1.29 is 22.3 Å². The van der Waals surface area contributed by atoms with E-state index < -0.39 is 10.0 Å². The third-order valence-corrected chi connectivity index (χ3v) is 8.48. The molecule has 3 aromatic rings. The van der Waals surface area contributed by atoms with Gasteiger partial charge in [-0.1, -0.05) is 6.07 Å². The van der Waals surface area contributed by atoms with Crippen LogP contribution in [0.25, 0.3) is 10.1 Å². The molecule has 2 aromatic carbocycles. The van der Waals surface area contributed by atoms with Gasteiger partial charge >= 0.3 is 0 Å². The van der Waals surface area contributed by atoms with E-state index in [1.807, 2.05) is 0 Å². The molecule has 0 atom stereocenters. The summed E-state index contributed by atoms with van der Waals surface area (Å²) in [6, 6.07) is 11.1. The summed E-state index contributed by atoms with van der Waals surface area (Å²) in [5.41, 5.74) is 0.631. The van der Waals surface area contributed by atoms with Gasteiger partial charge in [0.25, 0.3) is 5.91 Å². The van der Waals surface area contributed by atoms with E-state index in [2.05, 4.69) is 0 Å². The van der Waals surface area contributed by atoms with Crippen LogP contribution in [-0.2, 0) is 10.0 Å². The van der Waals surface area contributed by atoms with Crippen molar-refractivity contribution in [1.82, 2.24) is 9.21 Å². The third kappa shape index (κ3) is 3.57. The summed E-state index contributed by atoms with van der Waals surface area (Å²) in [4.78, 5) is 15.4. The maximum Gasteiger partial charge on any atom is 0.264 e. The Hall–Kier alpha value is -2.49. The van der Waals surface area contributed by atoms with Crippen LogP contribution in [0, 0.1) is 12.7 Å². The predicted molar refractivity (Wildman–Crippen MR) is 114 cm³/mol. The Morgan fingerprint density at radius 2 is 1.73 bits per heavy atom. The number of hydrogen-bond donors (Lipinski definition) is 0. The van der Waals surface area contributed by atoms with Crippen molar-refractivity contribution in [1.29, 1.82) is 0 Å². The van der Waals surface area contributed by atoms with E-state index in [4.69, 9.17) is 4.74 Å². The number of rotatable bonds is 4. The molecular weight excluding hydrogens is 427 g/mol. The van der Waals surface area contributed by atoms with Crippen molar-refractivity contribution in [3.05, 3.63) is 58.7 Å². The second kappa shape index (κ2) is 7.98. The Labute approximate surface area is 178 Å². The topological polar surface area (TPSA) is 66.9 Å². The van der Waals surface area contributed by atoms with Gasteiger partial charge in [-0.25, -0.2) is 12.8 Å². The summed E-state index contributed by atoms with van der Waals surface area (Å²) in [5, 5.41) is 0.478. The first-order valence-electron chi connectivity index (χ1n) is 9.44. The number of carbonyl (C=O) groups excluding carboxylic acids is 1. The average Bonchev–Trinajstić information content (AvgIpc) is 3.11. The molecule has 0 unspecified atom stereocenters. The number of aryl methyl sites for hydroxylation is 1.